The van der Waals surface area contributed by atoms with E-state index in [0.29, 0.717) is 30.9 Å². The lowest BCUT2D eigenvalue weighted by atomic mass is 10.1. The maximum atomic E-state index is 13.2. The van der Waals surface area contributed by atoms with E-state index in [2.05, 4.69) is 21.2 Å². The molecule has 1 saturated heterocycles. The van der Waals surface area contributed by atoms with Crippen LogP contribution >= 0.6 is 39.9 Å². The number of thioether (sulfide) groups is 1. The van der Waals surface area contributed by atoms with Gasteiger partial charge in [0.05, 0.1) is 22.5 Å². The molecule has 6 nitrogen and oxygen atoms in total. The molecule has 2 amide bonds. The molecule has 0 saturated carbocycles. The molecule has 0 aliphatic carbocycles. The molecule has 3 aromatic rings. The Morgan fingerprint density at radius 3 is 2.47 bits per heavy atom. The van der Waals surface area contributed by atoms with Crippen molar-refractivity contribution >= 4 is 67.8 Å². The number of para-hydroxylation sites is 1. The largest absolute Gasteiger partial charge is 0.493 e. The van der Waals surface area contributed by atoms with Crippen LogP contribution in [0.1, 0.15) is 24.1 Å². The molecule has 4 rings (SSSR count). The minimum atomic E-state index is -0.296. The summed E-state index contributed by atoms with van der Waals surface area (Å²) in [4.78, 5) is 27.7. The molecule has 3 aromatic carbocycles. The number of carbonyl (C=O) groups is 2. The quantitative estimate of drug-likeness (QED) is 0.243. The van der Waals surface area contributed by atoms with Crippen LogP contribution in [0, 0.1) is 0 Å². The standard InChI is InChI=1S/C27H23BrN2O4S2/c1-17(19-9-5-3-6-10-19)30-26(32)23(36-27(30)35)15-18-13-21(28)25(22(14-18)33-2)34-16-24(31)29-20-11-7-4-8-12-20/h3-15,17H,16H2,1-2H3,(H,29,31)/b23-15-/t17-/m0/s1. The molecular formula is C27H23BrN2O4S2. The van der Waals surface area contributed by atoms with E-state index in [-0.39, 0.29) is 24.5 Å². The van der Waals surface area contributed by atoms with Gasteiger partial charge in [-0.05, 0) is 64.3 Å². The van der Waals surface area contributed by atoms with E-state index in [1.807, 2.05) is 55.5 Å². The van der Waals surface area contributed by atoms with Crippen LogP contribution in [0.2, 0.25) is 0 Å². The van der Waals surface area contributed by atoms with Crippen LogP contribution in [0.25, 0.3) is 6.08 Å². The van der Waals surface area contributed by atoms with E-state index >= 15 is 0 Å². The van der Waals surface area contributed by atoms with Gasteiger partial charge in [0, 0.05) is 5.69 Å². The van der Waals surface area contributed by atoms with Gasteiger partial charge in [0.25, 0.3) is 11.8 Å². The first-order valence-electron chi connectivity index (χ1n) is 11.0. The fourth-order valence-electron chi connectivity index (χ4n) is 3.67. The summed E-state index contributed by atoms with van der Waals surface area (Å²) in [5.74, 6) is 0.379. The summed E-state index contributed by atoms with van der Waals surface area (Å²) in [6, 6.07) is 22.3. The molecule has 1 fully saturated rings. The number of anilines is 1. The lowest BCUT2D eigenvalue weighted by molar-refractivity contribution is -0.123. The van der Waals surface area contributed by atoms with Gasteiger partial charge >= 0.3 is 0 Å². The van der Waals surface area contributed by atoms with Crippen LogP contribution in [-0.4, -0.2) is 34.8 Å². The summed E-state index contributed by atoms with van der Waals surface area (Å²) >= 11 is 10.3. The van der Waals surface area contributed by atoms with Gasteiger partial charge < -0.3 is 14.8 Å². The van der Waals surface area contributed by atoms with Crippen LogP contribution in [-0.2, 0) is 9.59 Å². The SMILES string of the molecule is COc1cc(/C=C2\SC(=S)N([C@@H](C)c3ccccc3)C2=O)cc(Br)c1OCC(=O)Nc1ccccc1. The van der Waals surface area contributed by atoms with Crippen LogP contribution in [0.15, 0.2) is 82.2 Å². The highest BCUT2D eigenvalue weighted by molar-refractivity contribution is 9.10. The number of hydrogen-bond acceptors (Lipinski definition) is 6. The first-order valence-corrected chi connectivity index (χ1v) is 13.1. The Hall–Kier alpha value is -3.14. The highest BCUT2D eigenvalue weighted by atomic mass is 79.9. The summed E-state index contributed by atoms with van der Waals surface area (Å²) in [6.07, 6.45) is 1.77. The Kier molecular flexibility index (Phi) is 8.45. The number of nitrogens with one attached hydrogen (secondary N) is 1. The van der Waals surface area contributed by atoms with Gasteiger partial charge in [0.15, 0.2) is 18.1 Å². The number of methoxy groups -OCH3 is 1. The molecule has 1 atom stereocenters. The first kappa shape index (κ1) is 25.9. The Morgan fingerprint density at radius 2 is 1.81 bits per heavy atom. The molecule has 0 unspecified atom stereocenters. The van der Waals surface area contributed by atoms with Crippen molar-refractivity contribution in [2.45, 2.75) is 13.0 Å². The maximum absolute atomic E-state index is 13.2. The predicted molar refractivity (Wildman–Crippen MR) is 151 cm³/mol. The molecular weight excluding hydrogens is 560 g/mol. The number of halogens is 1. The van der Waals surface area contributed by atoms with Crippen LogP contribution < -0.4 is 14.8 Å². The molecule has 1 heterocycles. The highest BCUT2D eigenvalue weighted by Gasteiger charge is 2.36. The normalized spacial score (nSPS) is 15.2. The van der Waals surface area contributed by atoms with E-state index < -0.39 is 0 Å². The molecule has 0 radical (unpaired) electrons. The summed E-state index contributed by atoms with van der Waals surface area (Å²) in [7, 11) is 1.52. The molecule has 184 valence electrons. The number of amides is 2. The topological polar surface area (TPSA) is 67.9 Å². The Morgan fingerprint density at radius 1 is 1.14 bits per heavy atom. The van der Waals surface area contributed by atoms with Crippen LogP contribution in [0.5, 0.6) is 11.5 Å². The minimum Gasteiger partial charge on any atom is -0.493 e. The van der Waals surface area contributed by atoms with Gasteiger partial charge in [0.1, 0.15) is 4.32 Å². The van der Waals surface area contributed by atoms with Crippen molar-refractivity contribution in [1.29, 1.82) is 0 Å². The van der Waals surface area contributed by atoms with Crippen molar-refractivity contribution in [1.82, 2.24) is 4.90 Å². The lowest BCUT2D eigenvalue weighted by Gasteiger charge is -2.23. The summed E-state index contributed by atoms with van der Waals surface area (Å²) in [5.41, 5.74) is 2.43. The Labute approximate surface area is 227 Å². The van der Waals surface area contributed by atoms with Gasteiger partial charge in [-0.3, -0.25) is 14.5 Å². The second-order valence-corrected chi connectivity index (χ2v) is 10.4. The number of thiocarbonyl (C=S) groups is 1. The zero-order valence-electron chi connectivity index (χ0n) is 19.6. The third-order valence-electron chi connectivity index (χ3n) is 5.45. The van der Waals surface area contributed by atoms with Crippen molar-refractivity contribution in [2.75, 3.05) is 19.0 Å². The van der Waals surface area contributed by atoms with Crippen LogP contribution in [0.4, 0.5) is 5.69 Å². The number of rotatable bonds is 8. The third kappa shape index (κ3) is 5.98. The second-order valence-electron chi connectivity index (χ2n) is 7.88. The molecule has 0 aromatic heterocycles. The number of carbonyl (C=O) groups excluding carboxylic acids is 2. The summed E-state index contributed by atoms with van der Waals surface area (Å²) < 4.78 is 12.4. The molecule has 1 aliphatic heterocycles. The molecule has 9 heteroatoms. The molecule has 1 N–H and O–H groups in total. The predicted octanol–water partition coefficient (Wildman–Crippen LogP) is 6.44. The van der Waals surface area contributed by atoms with E-state index in [1.54, 1.807) is 35.2 Å². The van der Waals surface area contributed by atoms with Crippen molar-refractivity contribution in [3.05, 3.63) is 93.3 Å². The van der Waals surface area contributed by atoms with Gasteiger partial charge in [-0.1, -0.05) is 72.5 Å². The first-order chi connectivity index (χ1) is 17.4. The smallest absolute Gasteiger partial charge is 0.266 e. The monoisotopic (exact) mass is 582 g/mol. The Bertz CT molecular complexity index is 1320. The fraction of sp³-hybridized carbons (Fsp3) is 0.148. The third-order valence-corrected chi connectivity index (χ3v) is 7.37. The van der Waals surface area contributed by atoms with Crippen molar-refractivity contribution in [3.63, 3.8) is 0 Å². The summed E-state index contributed by atoms with van der Waals surface area (Å²) in [5, 5.41) is 2.78. The number of nitrogens with zero attached hydrogens (tertiary/aromatic N) is 1. The number of ether oxygens (including phenoxy) is 2. The van der Waals surface area contributed by atoms with Gasteiger partial charge in [-0.2, -0.15) is 0 Å². The molecule has 1 aliphatic rings. The molecule has 0 bridgehead atoms. The van der Waals surface area contributed by atoms with Gasteiger partial charge in [-0.15, -0.1) is 0 Å². The summed E-state index contributed by atoms with van der Waals surface area (Å²) in [6.45, 7) is 1.77. The average Bonchev–Trinajstić information content (AvgIpc) is 3.16. The molecule has 36 heavy (non-hydrogen) atoms. The van der Waals surface area contributed by atoms with Crippen LogP contribution in [0.3, 0.4) is 0 Å². The van der Waals surface area contributed by atoms with E-state index in [9.17, 15) is 9.59 Å². The van der Waals surface area contributed by atoms with E-state index in [4.69, 9.17) is 21.7 Å². The maximum Gasteiger partial charge on any atom is 0.266 e. The fourth-order valence-corrected chi connectivity index (χ4v) is 5.66. The van der Waals surface area contributed by atoms with Gasteiger partial charge in [0.2, 0.25) is 0 Å². The zero-order chi connectivity index (χ0) is 25.7. The number of hydrogen-bond donors (Lipinski definition) is 1. The average molecular weight is 584 g/mol. The van der Waals surface area contributed by atoms with E-state index in [0.717, 1.165) is 11.1 Å². The van der Waals surface area contributed by atoms with Crippen molar-refractivity contribution in [2.24, 2.45) is 0 Å². The van der Waals surface area contributed by atoms with E-state index in [1.165, 1.54) is 18.9 Å². The lowest BCUT2D eigenvalue weighted by Crippen LogP contribution is -2.30. The van der Waals surface area contributed by atoms with Gasteiger partial charge in [-0.25, -0.2) is 0 Å². The van der Waals surface area contributed by atoms with Crippen molar-refractivity contribution in [3.8, 4) is 11.5 Å². The Balaban J connectivity index is 1.49. The second kappa shape index (κ2) is 11.7. The molecule has 0 spiro atoms. The van der Waals surface area contributed by atoms with Crippen molar-refractivity contribution < 1.29 is 19.1 Å². The highest BCUT2D eigenvalue weighted by Crippen LogP contribution is 2.41. The zero-order valence-corrected chi connectivity index (χ0v) is 22.8. The minimum absolute atomic E-state index is 0.144. The number of benzene rings is 3.